The van der Waals surface area contributed by atoms with Gasteiger partial charge in [-0.15, -0.1) is 0 Å². The van der Waals surface area contributed by atoms with Crippen molar-refractivity contribution in [2.45, 2.75) is 13.0 Å². The van der Waals surface area contributed by atoms with E-state index in [0.717, 1.165) is 11.4 Å². The second-order valence-electron chi connectivity index (χ2n) is 4.82. The molecule has 1 aliphatic rings. The number of ether oxygens (including phenoxy) is 1. The van der Waals surface area contributed by atoms with E-state index in [1.165, 1.54) is 0 Å². The van der Waals surface area contributed by atoms with E-state index in [-0.39, 0.29) is 12.0 Å². The Morgan fingerprint density at radius 3 is 2.90 bits per heavy atom. The van der Waals surface area contributed by atoms with Crippen LogP contribution in [0.25, 0.3) is 0 Å². The Balaban J connectivity index is 1.55. The van der Waals surface area contributed by atoms with Crippen LogP contribution in [0.2, 0.25) is 0 Å². The molecule has 5 nitrogen and oxygen atoms in total. The van der Waals surface area contributed by atoms with E-state index < -0.39 is 0 Å². The molecule has 3 heterocycles. The zero-order valence-corrected chi connectivity index (χ0v) is 11.2. The number of aromatic nitrogens is 2. The molecule has 0 radical (unpaired) electrons. The summed E-state index contributed by atoms with van der Waals surface area (Å²) < 4.78 is 5.80. The van der Waals surface area contributed by atoms with Gasteiger partial charge in [-0.2, -0.15) is 0 Å². The lowest BCUT2D eigenvalue weighted by atomic mass is 10.1. The Morgan fingerprint density at radius 2 is 2.20 bits per heavy atom. The van der Waals surface area contributed by atoms with Crippen molar-refractivity contribution in [3.05, 3.63) is 54.1 Å². The van der Waals surface area contributed by atoms with Gasteiger partial charge in [0.2, 0.25) is 0 Å². The number of hydrogen-bond acceptors (Lipinski definition) is 4. The van der Waals surface area contributed by atoms with Gasteiger partial charge in [-0.05, 0) is 25.1 Å². The van der Waals surface area contributed by atoms with Gasteiger partial charge < -0.3 is 9.64 Å². The minimum Gasteiger partial charge on any atom is -0.487 e. The van der Waals surface area contributed by atoms with Crippen molar-refractivity contribution < 1.29 is 9.53 Å². The Kier molecular flexibility index (Phi) is 3.33. The topological polar surface area (TPSA) is 55.3 Å². The maximum Gasteiger partial charge on any atom is 0.255 e. The van der Waals surface area contributed by atoms with E-state index in [1.54, 1.807) is 35.6 Å². The highest BCUT2D eigenvalue weighted by Crippen LogP contribution is 2.19. The van der Waals surface area contributed by atoms with Crippen molar-refractivity contribution in [1.82, 2.24) is 14.9 Å². The summed E-state index contributed by atoms with van der Waals surface area (Å²) in [6, 6.07) is 7.26. The van der Waals surface area contributed by atoms with Crippen LogP contribution in [0.15, 0.2) is 42.9 Å². The van der Waals surface area contributed by atoms with E-state index in [4.69, 9.17) is 4.74 Å². The third-order valence-electron chi connectivity index (χ3n) is 3.21. The predicted molar refractivity (Wildman–Crippen MR) is 73.5 cm³/mol. The van der Waals surface area contributed by atoms with Gasteiger partial charge >= 0.3 is 0 Å². The zero-order valence-electron chi connectivity index (χ0n) is 11.2. The molecule has 1 amide bonds. The van der Waals surface area contributed by atoms with Gasteiger partial charge in [0.1, 0.15) is 11.9 Å². The molecule has 2 aromatic heterocycles. The van der Waals surface area contributed by atoms with Gasteiger partial charge in [0.05, 0.1) is 18.7 Å². The monoisotopic (exact) mass is 269 g/mol. The number of aryl methyl sites for hydroxylation is 1. The average molecular weight is 269 g/mol. The van der Waals surface area contributed by atoms with Crippen molar-refractivity contribution in [2.75, 3.05) is 13.1 Å². The van der Waals surface area contributed by atoms with E-state index in [2.05, 4.69) is 9.97 Å². The number of rotatable bonds is 3. The summed E-state index contributed by atoms with van der Waals surface area (Å²) in [5, 5.41) is 0. The molecule has 1 aliphatic heterocycles. The number of nitrogens with zero attached hydrogens (tertiary/aromatic N) is 3. The molecule has 0 aromatic carbocycles. The summed E-state index contributed by atoms with van der Waals surface area (Å²) in [6.45, 7) is 3.13. The van der Waals surface area contributed by atoms with Gasteiger partial charge in [-0.3, -0.25) is 14.8 Å². The van der Waals surface area contributed by atoms with Crippen LogP contribution in [0.4, 0.5) is 0 Å². The minimum atomic E-state index is 0.00357. The standard InChI is InChI=1S/C15H15N3O2/c1-11-7-13(4-6-17-11)20-14-9-18(10-14)15(19)12-3-2-5-16-8-12/h2-8,14H,9-10H2,1H3. The number of amides is 1. The molecule has 2 aromatic rings. The molecule has 102 valence electrons. The van der Waals surface area contributed by atoms with Crippen molar-refractivity contribution >= 4 is 5.91 Å². The molecule has 20 heavy (non-hydrogen) atoms. The molecule has 0 aliphatic carbocycles. The Labute approximate surface area is 117 Å². The highest BCUT2D eigenvalue weighted by molar-refractivity contribution is 5.94. The average Bonchev–Trinajstić information content (AvgIpc) is 2.43. The van der Waals surface area contributed by atoms with Crippen LogP contribution < -0.4 is 4.74 Å². The number of carbonyl (C=O) groups is 1. The fourth-order valence-corrected chi connectivity index (χ4v) is 2.14. The molecular formula is C15H15N3O2. The third-order valence-corrected chi connectivity index (χ3v) is 3.21. The van der Waals surface area contributed by atoms with E-state index >= 15 is 0 Å². The molecule has 5 heteroatoms. The van der Waals surface area contributed by atoms with Crippen LogP contribution in [0.5, 0.6) is 5.75 Å². The lowest BCUT2D eigenvalue weighted by Crippen LogP contribution is -2.56. The van der Waals surface area contributed by atoms with Gasteiger partial charge in [-0.25, -0.2) is 0 Å². The van der Waals surface area contributed by atoms with Crippen LogP contribution in [0, 0.1) is 6.92 Å². The molecule has 0 spiro atoms. The molecule has 1 fully saturated rings. The molecule has 0 atom stereocenters. The van der Waals surface area contributed by atoms with Crippen LogP contribution in [0.1, 0.15) is 16.1 Å². The lowest BCUT2D eigenvalue weighted by molar-refractivity contribution is 0.0177. The first kappa shape index (κ1) is 12.6. The number of hydrogen-bond donors (Lipinski definition) is 0. The van der Waals surface area contributed by atoms with Crippen LogP contribution in [-0.4, -0.2) is 40.0 Å². The predicted octanol–water partition coefficient (Wildman–Crippen LogP) is 1.69. The second-order valence-corrected chi connectivity index (χ2v) is 4.82. The molecule has 0 unspecified atom stereocenters. The minimum absolute atomic E-state index is 0.00357. The summed E-state index contributed by atoms with van der Waals surface area (Å²) in [7, 11) is 0. The van der Waals surface area contributed by atoms with E-state index in [0.29, 0.717) is 18.7 Å². The SMILES string of the molecule is Cc1cc(OC2CN(C(=O)c3cccnc3)C2)ccn1. The highest BCUT2D eigenvalue weighted by Gasteiger charge is 2.32. The fraction of sp³-hybridized carbons (Fsp3) is 0.267. The maximum atomic E-state index is 12.1. The zero-order chi connectivity index (χ0) is 13.9. The first-order valence-corrected chi connectivity index (χ1v) is 6.51. The summed E-state index contributed by atoms with van der Waals surface area (Å²) >= 11 is 0. The fourth-order valence-electron chi connectivity index (χ4n) is 2.14. The Hall–Kier alpha value is -2.43. The molecule has 3 rings (SSSR count). The van der Waals surface area contributed by atoms with Gasteiger partial charge in [-0.1, -0.05) is 0 Å². The molecular weight excluding hydrogens is 254 g/mol. The molecule has 1 saturated heterocycles. The third kappa shape index (κ3) is 2.61. The van der Waals surface area contributed by atoms with E-state index in [9.17, 15) is 4.79 Å². The summed E-state index contributed by atoms with van der Waals surface area (Å²) in [6.07, 6.45) is 5.02. The Bertz CT molecular complexity index is 610. The molecule has 0 N–H and O–H groups in total. The van der Waals surface area contributed by atoms with Crippen molar-refractivity contribution in [2.24, 2.45) is 0 Å². The summed E-state index contributed by atoms with van der Waals surface area (Å²) in [5.41, 5.74) is 1.54. The number of likely N-dealkylation sites (tertiary alicyclic amines) is 1. The summed E-state index contributed by atoms with van der Waals surface area (Å²) in [5.74, 6) is 0.805. The van der Waals surface area contributed by atoms with E-state index in [1.807, 2.05) is 19.1 Å². The smallest absolute Gasteiger partial charge is 0.255 e. The normalized spacial score (nSPS) is 14.8. The van der Waals surface area contributed by atoms with Crippen molar-refractivity contribution in [3.8, 4) is 5.75 Å². The van der Waals surface area contributed by atoms with Gasteiger partial charge in [0.25, 0.3) is 5.91 Å². The van der Waals surface area contributed by atoms with Crippen LogP contribution in [0.3, 0.4) is 0 Å². The molecule has 0 bridgehead atoms. The van der Waals surface area contributed by atoms with Crippen molar-refractivity contribution in [1.29, 1.82) is 0 Å². The Morgan fingerprint density at radius 1 is 1.35 bits per heavy atom. The highest BCUT2D eigenvalue weighted by atomic mass is 16.5. The summed E-state index contributed by atoms with van der Waals surface area (Å²) in [4.78, 5) is 21.9. The van der Waals surface area contributed by atoms with Gasteiger partial charge in [0.15, 0.2) is 0 Å². The van der Waals surface area contributed by atoms with Crippen molar-refractivity contribution in [3.63, 3.8) is 0 Å². The largest absolute Gasteiger partial charge is 0.487 e. The van der Waals surface area contributed by atoms with Crippen LogP contribution >= 0.6 is 0 Å². The maximum absolute atomic E-state index is 12.1. The van der Waals surface area contributed by atoms with Gasteiger partial charge in [0, 0.05) is 30.4 Å². The number of carbonyl (C=O) groups excluding carboxylic acids is 1. The van der Waals surface area contributed by atoms with Crippen LogP contribution in [-0.2, 0) is 0 Å². The first-order chi connectivity index (χ1) is 9.72. The lowest BCUT2D eigenvalue weighted by Gasteiger charge is -2.38. The first-order valence-electron chi connectivity index (χ1n) is 6.51. The number of pyridine rings is 2. The molecule has 0 saturated carbocycles. The quantitative estimate of drug-likeness (QED) is 0.851. The second kappa shape index (κ2) is 5.28.